The summed E-state index contributed by atoms with van der Waals surface area (Å²) >= 11 is 0. The van der Waals surface area contributed by atoms with Gasteiger partial charge in [0.15, 0.2) is 0 Å². The Hall–Kier alpha value is -4.66. The highest BCUT2D eigenvalue weighted by molar-refractivity contribution is 6.06. The number of aryl methyl sites for hydroxylation is 1. The maximum Gasteiger partial charge on any atom is 0.306 e. The fourth-order valence-electron chi connectivity index (χ4n) is 4.07. The number of nitrogens with zero attached hydrogens (tertiary/aromatic N) is 1. The number of ether oxygens (including phenoxy) is 2. The number of amides is 1. The maximum atomic E-state index is 13.6. The molecule has 1 aromatic heterocycles. The highest BCUT2D eigenvalue weighted by Crippen LogP contribution is 2.41. The van der Waals surface area contributed by atoms with Gasteiger partial charge in [-0.1, -0.05) is 12.1 Å². The first-order chi connectivity index (χ1) is 17.2. The zero-order valence-electron chi connectivity index (χ0n) is 20.0. The fraction of sp³-hybridized carbons (Fsp3) is 0.148. The van der Waals surface area contributed by atoms with Gasteiger partial charge in [0, 0.05) is 39.9 Å². The summed E-state index contributed by atoms with van der Waals surface area (Å²) in [5.74, 6) is -0.257. The van der Waals surface area contributed by atoms with E-state index in [1.54, 1.807) is 20.3 Å². The van der Waals surface area contributed by atoms with Crippen LogP contribution in [0.25, 0.3) is 27.7 Å². The number of methoxy groups -OCH3 is 2. The van der Waals surface area contributed by atoms with E-state index in [1.807, 2.05) is 37.3 Å². The second kappa shape index (κ2) is 9.91. The van der Waals surface area contributed by atoms with Crippen LogP contribution in [-0.2, 0) is 4.79 Å². The number of anilines is 1. The van der Waals surface area contributed by atoms with E-state index < -0.39 is 22.3 Å². The lowest BCUT2D eigenvalue weighted by Gasteiger charge is -2.13. The van der Waals surface area contributed by atoms with Crippen molar-refractivity contribution in [2.75, 3.05) is 19.5 Å². The topological polar surface area (TPSA) is 104 Å². The molecule has 4 aromatic rings. The predicted molar refractivity (Wildman–Crippen MR) is 135 cm³/mol. The van der Waals surface area contributed by atoms with E-state index in [4.69, 9.17) is 13.9 Å². The van der Waals surface area contributed by atoms with Crippen LogP contribution in [0.4, 0.5) is 15.8 Å². The normalized spacial score (nSPS) is 11.4. The van der Waals surface area contributed by atoms with E-state index in [1.165, 1.54) is 19.3 Å². The van der Waals surface area contributed by atoms with Crippen molar-refractivity contribution in [1.82, 2.24) is 0 Å². The Balaban J connectivity index is 1.74. The summed E-state index contributed by atoms with van der Waals surface area (Å²) in [5, 5.41) is 14.4. The predicted octanol–water partition coefficient (Wildman–Crippen LogP) is 6.51. The molecule has 1 N–H and O–H groups in total. The van der Waals surface area contributed by atoms with Gasteiger partial charge in [0.05, 0.1) is 25.4 Å². The van der Waals surface area contributed by atoms with Crippen molar-refractivity contribution < 1.29 is 28.0 Å². The molecule has 1 heterocycles. The number of nitro groups is 1. The summed E-state index contributed by atoms with van der Waals surface area (Å²) < 4.78 is 30.5. The molecule has 9 heteroatoms. The molecular weight excluding hydrogens is 467 g/mol. The zero-order valence-corrected chi connectivity index (χ0v) is 20.0. The highest BCUT2D eigenvalue weighted by Gasteiger charge is 2.20. The summed E-state index contributed by atoms with van der Waals surface area (Å²) in [5.41, 5.74) is 3.82. The molecule has 8 nitrogen and oxygen atoms in total. The minimum Gasteiger partial charge on any atom is -0.497 e. The summed E-state index contributed by atoms with van der Waals surface area (Å²) in [6.45, 7) is 3.62. The van der Waals surface area contributed by atoms with E-state index in [0.29, 0.717) is 28.2 Å². The average Bonchev–Trinajstić information content (AvgIpc) is 3.29. The van der Waals surface area contributed by atoms with Crippen molar-refractivity contribution >= 4 is 33.8 Å². The first-order valence-corrected chi connectivity index (χ1v) is 10.9. The fourth-order valence-corrected chi connectivity index (χ4v) is 4.07. The summed E-state index contributed by atoms with van der Waals surface area (Å²) in [4.78, 5) is 22.8. The molecule has 0 aliphatic heterocycles. The SMILES string of the molecule is COc1cccc(-c2coc3c(C)c(OC)c(/C(C)=C/C(=O)Nc4ccc(F)c([N+](=O)[O-])c4)cc23)c1. The second-order valence-corrected chi connectivity index (χ2v) is 8.08. The van der Waals surface area contributed by atoms with E-state index in [2.05, 4.69) is 5.32 Å². The van der Waals surface area contributed by atoms with E-state index in [-0.39, 0.29) is 5.69 Å². The lowest BCUT2D eigenvalue weighted by atomic mass is 9.96. The summed E-state index contributed by atoms with van der Waals surface area (Å²) in [6, 6.07) is 12.6. The molecule has 0 fully saturated rings. The molecule has 0 radical (unpaired) electrons. The number of benzene rings is 3. The third-order valence-electron chi connectivity index (χ3n) is 5.81. The monoisotopic (exact) mass is 490 g/mol. The molecule has 0 unspecified atom stereocenters. The van der Waals surface area contributed by atoms with E-state index >= 15 is 0 Å². The molecule has 36 heavy (non-hydrogen) atoms. The smallest absolute Gasteiger partial charge is 0.306 e. The molecular formula is C27H23FN2O6. The molecule has 4 rings (SSSR count). The van der Waals surface area contributed by atoms with Gasteiger partial charge in [0.1, 0.15) is 17.1 Å². The van der Waals surface area contributed by atoms with Crippen molar-refractivity contribution in [3.63, 3.8) is 0 Å². The molecule has 1 amide bonds. The minimum absolute atomic E-state index is 0.103. The molecule has 0 saturated heterocycles. The summed E-state index contributed by atoms with van der Waals surface area (Å²) in [6.07, 6.45) is 3.02. The van der Waals surface area contributed by atoms with Crippen LogP contribution in [0.15, 0.2) is 65.3 Å². The number of halogens is 1. The molecule has 3 aromatic carbocycles. The molecule has 0 aliphatic rings. The molecule has 184 valence electrons. The van der Waals surface area contributed by atoms with Gasteiger partial charge in [-0.15, -0.1) is 0 Å². The lowest BCUT2D eigenvalue weighted by Crippen LogP contribution is -2.09. The number of nitrogens with one attached hydrogen (secondary N) is 1. The van der Waals surface area contributed by atoms with Crippen molar-refractivity contribution in [1.29, 1.82) is 0 Å². The van der Waals surface area contributed by atoms with Gasteiger partial charge >= 0.3 is 5.69 Å². The first-order valence-electron chi connectivity index (χ1n) is 10.9. The van der Waals surface area contributed by atoms with Crippen molar-refractivity contribution in [2.24, 2.45) is 0 Å². The highest BCUT2D eigenvalue weighted by atomic mass is 19.1. The second-order valence-electron chi connectivity index (χ2n) is 8.08. The van der Waals surface area contributed by atoms with Gasteiger partial charge in [0.25, 0.3) is 0 Å². The third kappa shape index (κ3) is 4.63. The van der Waals surface area contributed by atoms with E-state index in [0.717, 1.165) is 34.2 Å². The Morgan fingerprint density at radius 2 is 1.92 bits per heavy atom. The number of carbonyl (C=O) groups excluding carboxylic acids is 1. The van der Waals surface area contributed by atoms with Crippen LogP contribution in [-0.4, -0.2) is 25.1 Å². The van der Waals surface area contributed by atoms with Crippen LogP contribution in [0.5, 0.6) is 11.5 Å². The zero-order chi connectivity index (χ0) is 26.0. The number of allylic oxidation sites excluding steroid dienone is 1. The Morgan fingerprint density at radius 3 is 2.61 bits per heavy atom. The Kier molecular flexibility index (Phi) is 6.73. The standard InChI is InChI=1S/C27H23FN2O6/c1-15(10-25(31)29-18-8-9-23(28)24(12-18)30(32)33)20-13-21-22(17-6-5-7-19(11-17)34-3)14-36-27(21)16(2)26(20)35-4/h5-14H,1-4H3,(H,29,31)/b15-10+. The van der Waals surface area contributed by atoms with Crippen LogP contribution in [0, 0.1) is 22.9 Å². The number of rotatable bonds is 7. The lowest BCUT2D eigenvalue weighted by molar-refractivity contribution is -0.387. The van der Waals surface area contributed by atoms with Crippen molar-refractivity contribution in [2.45, 2.75) is 13.8 Å². The average molecular weight is 490 g/mol. The van der Waals surface area contributed by atoms with E-state index in [9.17, 15) is 19.3 Å². The molecule has 0 spiro atoms. The number of hydrogen-bond donors (Lipinski definition) is 1. The molecule has 0 atom stereocenters. The first kappa shape index (κ1) is 24.5. The van der Waals surface area contributed by atoms with Crippen LogP contribution >= 0.6 is 0 Å². The van der Waals surface area contributed by atoms with Crippen LogP contribution in [0.2, 0.25) is 0 Å². The minimum atomic E-state index is -0.981. The quantitative estimate of drug-likeness (QED) is 0.180. The van der Waals surface area contributed by atoms with Gasteiger partial charge in [-0.25, -0.2) is 0 Å². The third-order valence-corrected chi connectivity index (χ3v) is 5.81. The largest absolute Gasteiger partial charge is 0.497 e. The van der Waals surface area contributed by atoms with Gasteiger partial charge in [-0.3, -0.25) is 14.9 Å². The van der Waals surface area contributed by atoms with Gasteiger partial charge < -0.3 is 19.2 Å². The van der Waals surface area contributed by atoms with Gasteiger partial charge in [0.2, 0.25) is 11.7 Å². The number of fused-ring (bicyclic) bond motifs is 1. The number of carbonyl (C=O) groups is 1. The number of hydrogen-bond acceptors (Lipinski definition) is 6. The number of furan rings is 1. The maximum absolute atomic E-state index is 13.6. The number of nitro benzene ring substituents is 1. The Labute approximate surface area is 206 Å². The molecule has 0 saturated carbocycles. The van der Waals surface area contributed by atoms with Crippen molar-refractivity contribution in [3.05, 3.63) is 87.9 Å². The van der Waals surface area contributed by atoms with Gasteiger partial charge in [-0.2, -0.15) is 4.39 Å². The van der Waals surface area contributed by atoms with Crippen LogP contribution < -0.4 is 14.8 Å². The van der Waals surface area contributed by atoms with Crippen molar-refractivity contribution in [3.8, 4) is 22.6 Å². The Bertz CT molecular complexity index is 1520. The summed E-state index contributed by atoms with van der Waals surface area (Å²) in [7, 11) is 3.14. The van der Waals surface area contributed by atoms with Crippen LogP contribution in [0.3, 0.4) is 0 Å². The molecule has 0 aliphatic carbocycles. The van der Waals surface area contributed by atoms with Crippen LogP contribution in [0.1, 0.15) is 18.1 Å². The Morgan fingerprint density at radius 1 is 1.14 bits per heavy atom. The molecule has 0 bridgehead atoms. The van der Waals surface area contributed by atoms with Gasteiger partial charge in [-0.05, 0) is 55.3 Å².